The number of nitrogens with two attached hydrogens (primary N) is 1. The van der Waals surface area contributed by atoms with E-state index in [-0.39, 0.29) is 5.82 Å². The van der Waals surface area contributed by atoms with Gasteiger partial charge in [0.25, 0.3) is 0 Å². The first-order valence-electron chi connectivity index (χ1n) is 5.98. The van der Waals surface area contributed by atoms with E-state index in [0.29, 0.717) is 6.54 Å². The number of rotatable bonds is 4. The zero-order valence-electron chi connectivity index (χ0n) is 9.75. The Morgan fingerprint density at radius 1 is 1.44 bits per heavy atom. The molecular weight excluding hydrogens is 203 g/mol. The van der Waals surface area contributed by atoms with Gasteiger partial charge in [0.15, 0.2) is 0 Å². The van der Waals surface area contributed by atoms with Gasteiger partial charge in [-0.2, -0.15) is 0 Å². The molecule has 1 aromatic rings. The Hall–Kier alpha value is -1.09. The number of hydrogen-bond acceptors (Lipinski definition) is 2. The van der Waals surface area contributed by atoms with Gasteiger partial charge < -0.3 is 10.6 Å². The van der Waals surface area contributed by atoms with Crippen LogP contribution in [-0.4, -0.2) is 13.1 Å². The molecule has 1 aromatic carbocycles. The Kier molecular flexibility index (Phi) is 3.44. The molecule has 2 nitrogen and oxygen atoms in total. The van der Waals surface area contributed by atoms with Gasteiger partial charge in [-0.15, -0.1) is 0 Å². The summed E-state index contributed by atoms with van der Waals surface area (Å²) in [4.78, 5) is 2.11. The number of anilines is 1. The number of nitrogens with zero attached hydrogens (tertiary/aromatic N) is 1. The average Bonchev–Trinajstić information content (AvgIpc) is 2.23. The molecule has 2 rings (SSSR count). The van der Waals surface area contributed by atoms with Gasteiger partial charge in [0.1, 0.15) is 5.82 Å². The summed E-state index contributed by atoms with van der Waals surface area (Å²) < 4.78 is 13.7. The summed E-state index contributed by atoms with van der Waals surface area (Å²) >= 11 is 0. The summed E-state index contributed by atoms with van der Waals surface area (Å²) in [6.07, 6.45) is 2.46. The van der Waals surface area contributed by atoms with Crippen molar-refractivity contribution < 1.29 is 4.39 Å². The minimum absolute atomic E-state index is 0.141. The second-order valence-electron chi connectivity index (χ2n) is 4.55. The van der Waals surface area contributed by atoms with Crippen molar-refractivity contribution in [1.29, 1.82) is 0 Å². The molecule has 0 bridgehead atoms. The Labute approximate surface area is 96.2 Å². The van der Waals surface area contributed by atoms with Crippen LogP contribution in [-0.2, 0) is 6.54 Å². The van der Waals surface area contributed by atoms with Gasteiger partial charge in [-0.25, -0.2) is 4.39 Å². The SMILES string of the molecule is CCCC1CN(c2ccc(CN)cc2F)C1. The van der Waals surface area contributed by atoms with E-state index in [4.69, 9.17) is 5.73 Å². The lowest BCUT2D eigenvalue weighted by atomic mass is 9.94. The largest absolute Gasteiger partial charge is 0.368 e. The molecule has 88 valence electrons. The summed E-state index contributed by atoms with van der Waals surface area (Å²) in [5.74, 6) is 0.608. The predicted molar refractivity (Wildman–Crippen MR) is 64.9 cm³/mol. The Morgan fingerprint density at radius 3 is 2.75 bits per heavy atom. The van der Waals surface area contributed by atoms with Crippen molar-refractivity contribution in [3.05, 3.63) is 29.6 Å². The van der Waals surface area contributed by atoms with Crippen LogP contribution in [0.3, 0.4) is 0 Å². The molecule has 0 aromatic heterocycles. The highest BCUT2D eigenvalue weighted by Crippen LogP contribution is 2.29. The molecule has 0 unspecified atom stereocenters. The maximum atomic E-state index is 13.7. The van der Waals surface area contributed by atoms with Crippen LogP contribution in [0.15, 0.2) is 18.2 Å². The fourth-order valence-corrected chi connectivity index (χ4v) is 2.29. The maximum absolute atomic E-state index is 13.7. The summed E-state index contributed by atoms with van der Waals surface area (Å²) in [6.45, 7) is 4.58. The van der Waals surface area contributed by atoms with Crippen molar-refractivity contribution in [2.75, 3.05) is 18.0 Å². The van der Waals surface area contributed by atoms with Crippen molar-refractivity contribution in [2.24, 2.45) is 11.7 Å². The summed E-state index contributed by atoms with van der Waals surface area (Å²) in [7, 11) is 0. The smallest absolute Gasteiger partial charge is 0.146 e. The van der Waals surface area contributed by atoms with Crippen LogP contribution in [0.5, 0.6) is 0 Å². The predicted octanol–water partition coefficient (Wildman–Crippen LogP) is 2.52. The first-order valence-corrected chi connectivity index (χ1v) is 5.98. The molecule has 16 heavy (non-hydrogen) atoms. The molecule has 1 fully saturated rings. The monoisotopic (exact) mass is 222 g/mol. The van der Waals surface area contributed by atoms with Crippen LogP contribution in [0.1, 0.15) is 25.3 Å². The van der Waals surface area contributed by atoms with E-state index in [2.05, 4.69) is 11.8 Å². The van der Waals surface area contributed by atoms with E-state index in [0.717, 1.165) is 30.3 Å². The van der Waals surface area contributed by atoms with Crippen molar-refractivity contribution in [1.82, 2.24) is 0 Å². The molecule has 0 atom stereocenters. The maximum Gasteiger partial charge on any atom is 0.146 e. The number of hydrogen-bond donors (Lipinski definition) is 1. The van der Waals surface area contributed by atoms with E-state index < -0.39 is 0 Å². The van der Waals surface area contributed by atoms with Gasteiger partial charge in [-0.05, 0) is 30.0 Å². The number of benzene rings is 1. The van der Waals surface area contributed by atoms with Gasteiger partial charge in [-0.3, -0.25) is 0 Å². The molecule has 1 aliphatic rings. The zero-order valence-corrected chi connectivity index (χ0v) is 9.75. The molecule has 0 radical (unpaired) electrons. The summed E-state index contributed by atoms with van der Waals surface area (Å²) in [5.41, 5.74) is 7.05. The van der Waals surface area contributed by atoms with Gasteiger partial charge in [0.2, 0.25) is 0 Å². The van der Waals surface area contributed by atoms with Crippen molar-refractivity contribution in [2.45, 2.75) is 26.3 Å². The molecule has 0 saturated carbocycles. The van der Waals surface area contributed by atoms with Gasteiger partial charge >= 0.3 is 0 Å². The van der Waals surface area contributed by atoms with Crippen LogP contribution in [0.4, 0.5) is 10.1 Å². The van der Waals surface area contributed by atoms with Crippen molar-refractivity contribution in [3.63, 3.8) is 0 Å². The second-order valence-corrected chi connectivity index (χ2v) is 4.55. The van der Waals surface area contributed by atoms with E-state index in [1.807, 2.05) is 12.1 Å². The topological polar surface area (TPSA) is 29.3 Å². The Bertz CT molecular complexity index is 359. The van der Waals surface area contributed by atoms with Gasteiger partial charge in [0.05, 0.1) is 5.69 Å². The van der Waals surface area contributed by atoms with Crippen molar-refractivity contribution in [3.8, 4) is 0 Å². The third-order valence-corrected chi connectivity index (χ3v) is 3.24. The van der Waals surface area contributed by atoms with E-state index in [1.165, 1.54) is 12.8 Å². The molecule has 1 aliphatic heterocycles. The lowest BCUT2D eigenvalue weighted by Gasteiger charge is -2.41. The molecular formula is C13H19FN2. The molecule has 0 spiro atoms. The first-order chi connectivity index (χ1) is 7.74. The van der Waals surface area contributed by atoms with Gasteiger partial charge in [0, 0.05) is 19.6 Å². The van der Waals surface area contributed by atoms with Crippen LogP contribution < -0.4 is 10.6 Å². The van der Waals surface area contributed by atoms with Crippen LogP contribution in [0.2, 0.25) is 0 Å². The van der Waals surface area contributed by atoms with Gasteiger partial charge in [-0.1, -0.05) is 19.4 Å². The normalized spacial score (nSPS) is 16.3. The summed E-state index contributed by atoms with van der Waals surface area (Å²) in [5, 5.41) is 0. The minimum atomic E-state index is -0.141. The Balaban J connectivity index is 2.01. The Morgan fingerprint density at radius 2 is 2.19 bits per heavy atom. The van der Waals surface area contributed by atoms with Crippen LogP contribution >= 0.6 is 0 Å². The van der Waals surface area contributed by atoms with Crippen molar-refractivity contribution >= 4 is 5.69 Å². The van der Waals surface area contributed by atoms with Crippen LogP contribution in [0, 0.1) is 11.7 Å². The number of halogens is 1. The lowest BCUT2D eigenvalue weighted by molar-refractivity contribution is 0.376. The van der Waals surface area contributed by atoms with E-state index >= 15 is 0 Å². The van der Waals surface area contributed by atoms with E-state index in [9.17, 15) is 4.39 Å². The molecule has 3 heteroatoms. The highest BCUT2D eigenvalue weighted by molar-refractivity contribution is 5.51. The first kappa shape index (κ1) is 11.4. The highest BCUT2D eigenvalue weighted by atomic mass is 19.1. The molecule has 1 saturated heterocycles. The average molecular weight is 222 g/mol. The fraction of sp³-hybridized carbons (Fsp3) is 0.538. The van der Waals surface area contributed by atoms with E-state index in [1.54, 1.807) is 6.07 Å². The second kappa shape index (κ2) is 4.83. The highest BCUT2D eigenvalue weighted by Gasteiger charge is 2.27. The molecule has 2 N–H and O–H groups in total. The minimum Gasteiger partial charge on any atom is -0.368 e. The zero-order chi connectivity index (χ0) is 11.5. The molecule has 0 aliphatic carbocycles. The molecule has 0 amide bonds. The van der Waals surface area contributed by atoms with Crippen LogP contribution in [0.25, 0.3) is 0 Å². The fourth-order valence-electron chi connectivity index (χ4n) is 2.29. The molecule has 1 heterocycles. The lowest BCUT2D eigenvalue weighted by Crippen LogP contribution is -2.47. The standard InChI is InChI=1S/C13H19FN2/c1-2-3-11-8-16(9-11)13-5-4-10(7-15)6-12(13)14/h4-6,11H,2-3,7-9,15H2,1H3. The third-order valence-electron chi connectivity index (χ3n) is 3.24. The quantitative estimate of drug-likeness (QED) is 0.848. The third kappa shape index (κ3) is 2.19. The summed E-state index contributed by atoms with van der Waals surface area (Å²) in [6, 6.07) is 5.30.